The van der Waals surface area contributed by atoms with Crippen LogP contribution in [-0.2, 0) is 9.59 Å². The second-order valence-electron chi connectivity index (χ2n) is 7.62. The molecular formula is C21H31N3O3. The Balaban J connectivity index is 1.57. The number of fused-ring (bicyclic) bond motifs is 1. The summed E-state index contributed by atoms with van der Waals surface area (Å²) in [6.07, 6.45) is 3.77. The smallest absolute Gasteiger partial charge is 0.268 e. The fraction of sp³-hybridized carbons (Fsp3) is 0.619. The van der Waals surface area contributed by atoms with E-state index in [-0.39, 0.29) is 18.4 Å². The lowest BCUT2D eigenvalue weighted by atomic mass is 9.98. The third-order valence-corrected chi connectivity index (χ3v) is 5.71. The van der Waals surface area contributed by atoms with Crippen LogP contribution < -0.4 is 15.0 Å². The molecule has 27 heavy (non-hydrogen) atoms. The minimum Gasteiger partial charge on any atom is -0.478 e. The predicted molar refractivity (Wildman–Crippen MR) is 106 cm³/mol. The van der Waals surface area contributed by atoms with Crippen LogP contribution in [0, 0.1) is 0 Å². The minimum absolute atomic E-state index is 0.0286. The Morgan fingerprint density at radius 3 is 2.63 bits per heavy atom. The number of carbonyl (C=O) groups is 2. The number of nitrogens with one attached hydrogen (secondary N) is 1. The standard InChI is InChI=1S/C21H31N3O3/c1-4-18-21(26)24(17-10-5-6-11-19(17)27-18)14-20(25)22-12-13-23-15(2)8-7-9-16(23)3/h5-6,10-11,15-16,18H,4,7-9,12-14H2,1-3H3,(H,22,25)/t15-,16-,18-/m0/s1. The number of hydrogen-bond donors (Lipinski definition) is 1. The number of piperidine rings is 1. The third kappa shape index (κ3) is 4.43. The van der Waals surface area contributed by atoms with Gasteiger partial charge in [-0.2, -0.15) is 0 Å². The van der Waals surface area contributed by atoms with E-state index in [4.69, 9.17) is 4.74 Å². The van der Waals surface area contributed by atoms with E-state index in [1.807, 2.05) is 31.2 Å². The van der Waals surface area contributed by atoms with Crippen molar-refractivity contribution in [2.45, 2.75) is 64.6 Å². The van der Waals surface area contributed by atoms with Gasteiger partial charge in [-0.15, -0.1) is 0 Å². The van der Waals surface area contributed by atoms with Crippen LogP contribution in [0.5, 0.6) is 5.75 Å². The van der Waals surface area contributed by atoms with E-state index in [0.29, 0.717) is 36.5 Å². The first-order valence-electron chi connectivity index (χ1n) is 10.1. The number of amides is 2. The van der Waals surface area contributed by atoms with Gasteiger partial charge in [0.15, 0.2) is 6.10 Å². The SMILES string of the molecule is CC[C@@H]1Oc2ccccc2N(CC(=O)NCCN2[C@@H](C)CCC[C@@H]2C)C1=O. The molecule has 2 amide bonds. The molecule has 0 aliphatic carbocycles. The lowest BCUT2D eigenvalue weighted by molar-refractivity contribution is -0.129. The highest BCUT2D eigenvalue weighted by molar-refractivity contribution is 6.03. The predicted octanol–water partition coefficient (Wildman–Crippen LogP) is 2.57. The van der Waals surface area contributed by atoms with Crippen molar-refractivity contribution in [2.75, 3.05) is 24.5 Å². The Morgan fingerprint density at radius 1 is 1.22 bits per heavy atom. The van der Waals surface area contributed by atoms with Crippen molar-refractivity contribution in [3.05, 3.63) is 24.3 Å². The van der Waals surface area contributed by atoms with Crippen molar-refractivity contribution < 1.29 is 14.3 Å². The van der Waals surface area contributed by atoms with Gasteiger partial charge < -0.3 is 10.1 Å². The number of para-hydroxylation sites is 2. The number of hydrogen-bond acceptors (Lipinski definition) is 4. The van der Waals surface area contributed by atoms with Gasteiger partial charge in [0.05, 0.1) is 5.69 Å². The summed E-state index contributed by atoms with van der Waals surface area (Å²) >= 11 is 0. The Kier molecular flexibility index (Phi) is 6.37. The van der Waals surface area contributed by atoms with Crippen molar-refractivity contribution in [1.82, 2.24) is 10.2 Å². The number of carbonyl (C=O) groups excluding carboxylic acids is 2. The average Bonchev–Trinajstić information content (AvgIpc) is 2.66. The molecule has 1 fully saturated rings. The molecule has 0 spiro atoms. The molecule has 0 bridgehead atoms. The van der Waals surface area contributed by atoms with E-state index < -0.39 is 6.10 Å². The van der Waals surface area contributed by atoms with Crippen molar-refractivity contribution in [2.24, 2.45) is 0 Å². The molecule has 1 aromatic carbocycles. The fourth-order valence-electron chi connectivity index (χ4n) is 4.14. The Morgan fingerprint density at radius 2 is 1.93 bits per heavy atom. The van der Waals surface area contributed by atoms with E-state index in [1.54, 1.807) is 4.90 Å². The fourth-order valence-corrected chi connectivity index (χ4v) is 4.14. The minimum atomic E-state index is -0.525. The topological polar surface area (TPSA) is 61.9 Å². The number of nitrogens with zero attached hydrogens (tertiary/aromatic N) is 2. The van der Waals surface area contributed by atoms with Gasteiger partial charge in [-0.3, -0.25) is 19.4 Å². The molecule has 2 heterocycles. The van der Waals surface area contributed by atoms with Crippen LogP contribution >= 0.6 is 0 Å². The zero-order valence-corrected chi connectivity index (χ0v) is 16.6. The normalized spacial score (nSPS) is 25.7. The van der Waals surface area contributed by atoms with Crippen LogP contribution in [0.2, 0.25) is 0 Å². The van der Waals surface area contributed by atoms with Gasteiger partial charge >= 0.3 is 0 Å². The molecule has 0 saturated carbocycles. The van der Waals surface area contributed by atoms with Crippen LogP contribution in [0.4, 0.5) is 5.69 Å². The summed E-state index contributed by atoms with van der Waals surface area (Å²) in [6.45, 7) is 7.90. The molecule has 0 unspecified atom stereocenters. The molecule has 3 atom stereocenters. The Bertz CT molecular complexity index is 668. The number of ether oxygens (including phenoxy) is 1. The molecule has 1 saturated heterocycles. The van der Waals surface area contributed by atoms with Crippen molar-refractivity contribution >= 4 is 17.5 Å². The molecule has 148 valence electrons. The lowest BCUT2D eigenvalue weighted by Gasteiger charge is -2.39. The van der Waals surface area contributed by atoms with Crippen LogP contribution in [0.3, 0.4) is 0 Å². The zero-order valence-electron chi connectivity index (χ0n) is 16.6. The summed E-state index contributed by atoms with van der Waals surface area (Å²) in [7, 11) is 0. The van der Waals surface area contributed by atoms with Crippen molar-refractivity contribution in [1.29, 1.82) is 0 Å². The summed E-state index contributed by atoms with van der Waals surface area (Å²) in [6, 6.07) is 8.51. The zero-order chi connectivity index (χ0) is 19.4. The molecule has 2 aliphatic rings. The summed E-state index contributed by atoms with van der Waals surface area (Å²) in [5, 5.41) is 2.99. The maximum atomic E-state index is 12.7. The second-order valence-corrected chi connectivity index (χ2v) is 7.62. The Labute approximate surface area is 161 Å². The van der Waals surface area contributed by atoms with Gasteiger partial charge in [-0.05, 0) is 45.2 Å². The highest BCUT2D eigenvalue weighted by atomic mass is 16.5. The molecule has 1 N–H and O–H groups in total. The Hall–Kier alpha value is -2.08. The van der Waals surface area contributed by atoms with Gasteiger partial charge in [0, 0.05) is 25.2 Å². The van der Waals surface area contributed by atoms with Crippen LogP contribution in [0.25, 0.3) is 0 Å². The van der Waals surface area contributed by atoms with Crippen LogP contribution in [0.15, 0.2) is 24.3 Å². The largest absolute Gasteiger partial charge is 0.478 e. The van der Waals surface area contributed by atoms with E-state index in [1.165, 1.54) is 19.3 Å². The number of rotatable bonds is 6. The van der Waals surface area contributed by atoms with Crippen LogP contribution in [0.1, 0.15) is 46.5 Å². The lowest BCUT2D eigenvalue weighted by Crippen LogP contribution is -2.51. The van der Waals surface area contributed by atoms with Crippen molar-refractivity contribution in [3.63, 3.8) is 0 Å². The van der Waals surface area contributed by atoms with Crippen LogP contribution in [-0.4, -0.2) is 54.5 Å². The molecule has 1 aromatic rings. The highest BCUT2D eigenvalue weighted by Crippen LogP contribution is 2.34. The van der Waals surface area contributed by atoms with E-state index in [9.17, 15) is 9.59 Å². The quantitative estimate of drug-likeness (QED) is 0.833. The summed E-state index contributed by atoms with van der Waals surface area (Å²) in [5.41, 5.74) is 0.667. The van der Waals surface area contributed by atoms with Crippen molar-refractivity contribution in [3.8, 4) is 5.75 Å². The summed E-state index contributed by atoms with van der Waals surface area (Å²) in [4.78, 5) is 29.2. The third-order valence-electron chi connectivity index (χ3n) is 5.71. The molecule has 3 rings (SSSR count). The maximum absolute atomic E-state index is 12.7. The number of benzene rings is 1. The molecular weight excluding hydrogens is 342 g/mol. The maximum Gasteiger partial charge on any atom is 0.268 e. The summed E-state index contributed by atoms with van der Waals surface area (Å²) in [5.74, 6) is 0.379. The summed E-state index contributed by atoms with van der Waals surface area (Å²) < 4.78 is 5.76. The molecule has 6 nitrogen and oxygen atoms in total. The number of likely N-dealkylation sites (tertiary alicyclic amines) is 1. The first-order chi connectivity index (χ1) is 13.0. The molecule has 0 radical (unpaired) electrons. The molecule has 6 heteroatoms. The van der Waals surface area contributed by atoms with Gasteiger partial charge in [0.1, 0.15) is 12.3 Å². The highest BCUT2D eigenvalue weighted by Gasteiger charge is 2.34. The first-order valence-corrected chi connectivity index (χ1v) is 10.1. The van der Waals surface area contributed by atoms with E-state index >= 15 is 0 Å². The second kappa shape index (κ2) is 8.74. The van der Waals surface area contributed by atoms with Gasteiger partial charge in [0.2, 0.25) is 5.91 Å². The van der Waals surface area contributed by atoms with Gasteiger partial charge in [-0.1, -0.05) is 25.5 Å². The first kappa shape index (κ1) is 19.7. The average molecular weight is 373 g/mol. The van der Waals surface area contributed by atoms with Gasteiger partial charge in [-0.25, -0.2) is 0 Å². The van der Waals surface area contributed by atoms with Gasteiger partial charge in [0.25, 0.3) is 5.91 Å². The number of anilines is 1. The monoisotopic (exact) mass is 373 g/mol. The van der Waals surface area contributed by atoms with E-state index in [2.05, 4.69) is 24.1 Å². The molecule has 2 aliphatic heterocycles. The molecule has 0 aromatic heterocycles. The van der Waals surface area contributed by atoms with E-state index in [0.717, 1.165) is 6.54 Å².